The van der Waals surface area contributed by atoms with Crippen LogP contribution in [-0.4, -0.2) is 45.9 Å². The Balaban J connectivity index is 1.05. The molecule has 5 rings (SSSR count). The summed E-state index contributed by atoms with van der Waals surface area (Å²) in [4.78, 5) is 28.4. The Kier molecular flexibility index (Phi) is 6.30. The van der Waals surface area contributed by atoms with E-state index in [0.717, 1.165) is 34.4 Å². The van der Waals surface area contributed by atoms with Crippen LogP contribution in [0.25, 0.3) is 22.2 Å². The van der Waals surface area contributed by atoms with Crippen LogP contribution in [0.4, 0.5) is 0 Å². The Labute approximate surface area is 194 Å². The normalized spacial score (nSPS) is 12.5. The smallest absolute Gasteiger partial charge is 0.272 e. The van der Waals surface area contributed by atoms with E-state index < -0.39 is 0 Å². The van der Waals surface area contributed by atoms with Crippen molar-refractivity contribution in [3.8, 4) is 17.1 Å². The SMILES string of the molecule is O=C(CCc1nc(-c2ccc3c(c2)CCO3)no1)NCCNCc1n[nH]c(=O)c2ccccc12. The van der Waals surface area contributed by atoms with E-state index in [0.29, 0.717) is 49.8 Å². The highest BCUT2D eigenvalue weighted by molar-refractivity contribution is 5.83. The summed E-state index contributed by atoms with van der Waals surface area (Å²) in [5.74, 6) is 1.75. The van der Waals surface area contributed by atoms with E-state index in [4.69, 9.17) is 9.26 Å². The number of aromatic amines is 1. The third-order valence-corrected chi connectivity index (χ3v) is 5.67. The standard InChI is InChI=1S/C24H24N6O4/c31-21(26-11-10-25-14-19-17-3-1-2-4-18(17)24(32)29-28-19)7-8-22-27-23(30-34-22)16-5-6-20-15(13-16)9-12-33-20/h1-6,13,25H,7-12,14H2,(H,26,31)(H,29,32). The van der Waals surface area contributed by atoms with E-state index in [9.17, 15) is 9.59 Å². The van der Waals surface area contributed by atoms with Gasteiger partial charge in [-0.2, -0.15) is 10.1 Å². The van der Waals surface area contributed by atoms with E-state index in [1.54, 1.807) is 6.07 Å². The fourth-order valence-corrected chi connectivity index (χ4v) is 3.91. The van der Waals surface area contributed by atoms with Gasteiger partial charge in [0, 0.05) is 49.8 Å². The summed E-state index contributed by atoms with van der Waals surface area (Å²) in [6.07, 6.45) is 1.50. The summed E-state index contributed by atoms with van der Waals surface area (Å²) in [6.45, 7) is 2.20. The van der Waals surface area contributed by atoms with Gasteiger partial charge in [-0.15, -0.1) is 0 Å². The molecule has 34 heavy (non-hydrogen) atoms. The summed E-state index contributed by atoms with van der Waals surface area (Å²) in [5.41, 5.74) is 2.56. The van der Waals surface area contributed by atoms with Crippen molar-refractivity contribution in [3.63, 3.8) is 0 Å². The highest BCUT2D eigenvalue weighted by atomic mass is 16.5. The first-order valence-electron chi connectivity index (χ1n) is 11.2. The molecule has 3 N–H and O–H groups in total. The zero-order valence-corrected chi connectivity index (χ0v) is 18.5. The molecule has 4 aromatic rings. The molecule has 0 aliphatic carbocycles. The van der Waals surface area contributed by atoms with Gasteiger partial charge in [0.2, 0.25) is 17.6 Å². The number of carbonyl (C=O) groups excluding carboxylic acids is 1. The average Bonchev–Trinajstić information content (AvgIpc) is 3.53. The average molecular weight is 460 g/mol. The van der Waals surface area contributed by atoms with Crippen LogP contribution in [0.3, 0.4) is 0 Å². The summed E-state index contributed by atoms with van der Waals surface area (Å²) in [5, 5.41) is 18.2. The number of aryl methyl sites for hydroxylation is 1. The lowest BCUT2D eigenvalue weighted by atomic mass is 10.1. The van der Waals surface area contributed by atoms with Crippen LogP contribution in [0, 0.1) is 0 Å². The van der Waals surface area contributed by atoms with Crippen molar-refractivity contribution in [3.05, 3.63) is 70.0 Å². The van der Waals surface area contributed by atoms with Crippen LogP contribution in [0.1, 0.15) is 23.6 Å². The van der Waals surface area contributed by atoms with Gasteiger partial charge in [0.05, 0.1) is 17.7 Å². The van der Waals surface area contributed by atoms with Gasteiger partial charge < -0.3 is 19.9 Å². The number of hydrogen-bond donors (Lipinski definition) is 3. The van der Waals surface area contributed by atoms with Crippen molar-refractivity contribution in [1.29, 1.82) is 0 Å². The lowest BCUT2D eigenvalue weighted by Gasteiger charge is -2.08. The van der Waals surface area contributed by atoms with E-state index in [1.807, 2.05) is 36.4 Å². The van der Waals surface area contributed by atoms with Crippen LogP contribution in [0.2, 0.25) is 0 Å². The second-order valence-corrected chi connectivity index (χ2v) is 8.00. The van der Waals surface area contributed by atoms with Crippen molar-refractivity contribution in [1.82, 2.24) is 31.0 Å². The second-order valence-electron chi connectivity index (χ2n) is 8.00. The first-order valence-corrected chi connectivity index (χ1v) is 11.2. The predicted molar refractivity (Wildman–Crippen MR) is 124 cm³/mol. The molecule has 0 spiro atoms. The molecule has 0 fully saturated rings. The molecule has 2 aromatic carbocycles. The number of nitrogens with one attached hydrogen (secondary N) is 3. The van der Waals surface area contributed by atoms with Crippen molar-refractivity contribution in [2.75, 3.05) is 19.7 Å². The Morgan fingerprint density at radius 1 is 1.12 bits per heavy atom. The highest BCUT2D eigenvalue weighted by Gasteiger charge is 2.16. The maximum absolute atomic E-state index is 12.2. The zero-order valence-electron chi connectivity index (χ0n) is 18.5. The lowest BCUT2D eigenvalue weighted by molar-refractivity contribution is -0.121. The maximum Gasteiger partial charge on any atom is 0.272 e. The van der Waals surface area contributed by atoms with Crippen molar-refractivity contribution in [2.45, 2.75) is 25.8 Å². The number of carbonyl (C=O) groups is 1. The molecule has 10 nitrogen and oxygen atoms in total. The van der Waals surface area contributed by atoms with Crippen LogP contribution in [0.15, 0.2) is 51.8 Å². The van der Waals surface area contributed by atoms with E-state index in [2.05, 4.69) is 31.0 Å². The fraction of sp³-hybridized carbons (Fsp3) is 0.292. The van der Waals surface area contributed by atoms with Gasteiger partial charge in [0.1, 0.15) is 5.75 Å². The number of fused-ring (bicyclic) bond motifs is 2. The number of ether oxygens (including phenoxy) is 1. The summed E-state index contributed by atoms with van der Waals surface area (Å²) >= 11 is 0. The Morgan fingerprint density at radius 2 is 2.00 bits per heavy atom. The summed E-state index contributed by atoms with van der Waals surface area (Å²) in [6, 6.07) is 13.2. The van der Waals surface area contributed by atoms with Gasteiger partial charge in [0.15, 0.2) is 0 Å². The van der Waals surface area contributed by atoms with Crippen molar-refractivity contribution < 1.29 is 14.1 Å². The zero-order chi connectivity index (χ0) is 23.3. The number of benzene rings is 2. The maximum atomic E-state index is 12.2. The molecule has 174 valence electrons. The molecule has 0 bridgehead atoms. The van der Waals surface area contributed by atoms with Crippen LogP contribution in [0.5, 0.6) is 5.75 Å². The number of aromatic nitrogens is 4. The predicted octanol–water partition coefficient (Wildman–Crippen LogP) is 1.75. The molecule has 1 aliphatic rings. The minimum atomic E-state index is -0.207. The molecule has 0 atom stereocenters. The Morgan fingerprint density at radius 3 is 2.91 bits per heavy atom. The third-order valence-electron chi connectivity index (χ3n) is 5.67. The van der Waals surface area contributed by atoms with Gasteiger partial charge in [-0.05, 0) is 29.8 Å². The Hall–Kier alpha value is -4.05. The molecule has 10 heteroatoms. The van der Waals surface area contributed by atoms with Gasteiger partial charge in [0.25, 0.3) is 5.56 Å². The summed E-state index contributed by atoms with van der Waals surface area (Å²) < 4.78 is 10.8. The number of nitrogens with zero attached hydrogens (tertiary/aromatic N) is 3. The molecule has 0 saturated heterocycles. The number of hydrogen-bond acceptors (Lipinski definition) is 8. The fourth-order valence-electron chi connectivity index (χ4n) is 3.91. The first-order chi connectivity index (χ1) is 16.7. The second kappa shape index (κ2) is 9.84. The molecule has 2 aromatic heterocycles. The van der Waals surface area contributed by atoms with E-state index in [-0.39, 0.29) is 17.9 Å². The molecular weight excluding hydrogens is 436 g/mol. The molecule has 0 unspecified atom stereocenters. The number of rotatable bonds is 9. The van der Waals surface area contributed by atoms with Crippen LogP contribution >= 0.6 is 0 Å². The van der Waals surface area contributed by atoms with Crippen molar-refractivity contribution in [2.24, 2.45) is 0 Å². The minimum absolute atomic E-state index is 0.0937. The molecule has 1 amide bonds. The molecular formula is C24H24N6O4. The van der Waals surface area contributed by atoms with Gasteiger partial charge in [-0.1, -0.05) is 23.4 Å². The van der Waals surface area contributed by atoms with Crippen LogP contribution < -0.4 is 20.9 Å². The largest absolute Gasteiger partial charge is 0.493 e. The molecule has 1 aliphatic heterocycles. The quantitative estimate of drug-likeness (QED) is 0.322. The number of H-pyrrole nitrogens is 1. The third kappa shape index (κ3) is 4.81. The first kappa shape index (κ1) is 21.8. The van der Waals surface area contributed by atoms with E-state index >= 15 is 0 Å². The lowest BCUT2D eigenvalue weighted by Crippen LogP contribution is -2.32. The van der Waals surface area contributed by atoms with Crippen molar-refractivity contribution >= 4 is 16.7 Å². The topological polar surface area (TPSA) is 135 Å². The molecule has 3 heterocycles. The van der Waals surface area contributed by atoms with Crippen LogP contribution in [-0.2, 0) is 24.2 Å². The number of amides is 1. The van der Waals surface area contributed by atoms with Gasteiger partial charge in [-0.25, -0.2) is 5.10 Å². The monoisotopic (exact) mass is 460 g/mol. The minimum Gasteiger partial charge on any atom is -0.493 e. The molecule has 0 saturated carbocycles. The summed E-state index contributed by atoms with van der Waals surface area (Å²) in [7, 11) is 0. The highest BCUT2D eigenvalue weighted by Crippen LogP contribution is 2.29. The van der Waals surface area contributed by atoms with Gasteiger partial charge >= 0.3 is 0 Å². The molecule has 0 radical (unpaired) electrons. The van der Waals surface area contributed by atoms with E-state index in [1.165, 1.54) is 0 Å². The Bertz CT molecular complexity index is 1380. The van der Waals surface area contributed by atoms with Gasteiger partial charge in [-0.3, -0.25) is 9.59 Å².